The summed E-state index contributed by atoms with van der Waals surface area (Å²) in [7, 11) is 0. The minimum Gasteiger partial charge on any atom is -0.393 e. The molecule has 32 heavy (non-hydrogen) atoms. The van der Waals surface area contributed by atoms with Crippen LogP contribution in [-0.4, -0.2) is 23.7 Å². The lowest BCUT2D eigenvalue weighted by atomic mass is 9.44. The summed E-state index contributed by atoms with van der Waals surface area (Å²) in [6.07, 6.45) is 16.9. The fourth-order valence-corrected chi connectivity index (χ4v) is 9.46. The van der Waals surface area contributed by atoms with Gasteiger partial charge in [-0.1, -0.05) is 40.5 Å². The van der Waals surface area contributed by atoms with Crippen molar-refractivity contribution < 1.29 is 9.90 Å². The number of aliphatic hydroxyl groups is 1. The smallest absolute Gasteiger partial charge is 0.220 e. The summed E-state index contributed by atoms with van der Waals surface area (Å²) in [5.41, 5.74) is 0.957. The van der Waals surface area contributed by atoms with Crippen molar-refractivity contribution in [2.24, 2.45) is 46.3 Å². The van der Waals surface area contributed by atoms with E-state index in [1.165, 1.54) is 57.8 Å². The Morgan fingerprint density at radius 3 is 2.53 bits per heavy atom. The SMILES string of the molecule is CCCCCNC(=O)CC[C@@H](C)[C@H]1CC[C@H]2[C@@H]3CC[C@@H]4C[C@H](O)CC[C@]4(C)[C@H]3CC[C@]12C. The number of rotatable bonds is 8. The molecule has 0 saturated heterocycles. The molecule has 2 N–H and O–H groups in total. The Hall–Kier alpha value is -0.570. The highest BCUT2D eigenvalue weighted by Crippen LogP contribution is 2.68. The van der Waals surface area contributed by atoms with Crippen molar-refractivity contribution in [3.05, 3.63) is 0 Å². The molecule has 0 bridgehead atoms. The van der Waals surface area contributed by atoms with Gasteiger partial charge in [-0.05, 0) is 117 Å². The van der Waals surface area contributed by atoms with Crippen LogP contribution in [0.15, 0.2) is 0 Å². The summed E-state index contributed by atoms with van der Waals surface area (Å²) in [5, 5.41) is 13.4. The van der Waals surface area contributed by atoms with E-state index in [-0.39, 0.29) is 12.0 Å². The monoisotopic (exact) mass is 445 g/mol. The van der Waals surface area contributed by atoms with Crippen molar-refractivity contribution in [2.75, 3.05) is 6.54 Å². The van der Waals surface area contributed by atoms with Gasteiger partial charge in [0, 0.05) is 13.0 Å². The highest BCUT2D eigenvalue weighted by atomic mass is 16.3. The number of unbranched alkanes of at least 4 members (excludes halogenated alkanes) is 2. The molecule has 0 spiro atoms. The van der Waals surface area contributed by atoms with Crippen LogP contribution in [0, 0.1) is 46.3 Å². The third kappa shape index (κ3) is 4.53. The summed E-state index contributed by atoms with van der Waals surface area (Å²) < 4.78 is 0. The van der Waals surface area contributed by atoms with Gasteiger partial charge < -0.3 is 10.4 Å². The first-order valence-electron chi connectivity index (χ1n) is 14.2. The summed E-state index contributed by atoms with van der Waals surface area (Å²) in [6, 6.07) is 0. The molecule has 3 heteroatoms. The first-order chi connectivity index (χ1) is 15.3. The predicted octanol–water partition coefficient (Wildman–Crippen LogP) is 6.73. The molecule has 0 radical (unpaired) electrons. The van der Waals surface area contributed by atoms with E-state index in [2.05, 4.69) is 33.0 Å². The number of fused-ring (bicyclic) bond motifs is 5. The standard InChI is InChI=1S/C29H51NO2/c1-5-6-7-18-30-27(32)13-8-20(2)24-11-12-25-23-10-9-21-19-22(31)14-16-28(21,3)26(23)15-17-29(24,25)4/h20-26,31H,5-19H2,1-4H3,(H,30,32)/t20-,21-,22-,23+,24-,25+,26+,28+,29-/m1/s1. The van der Waals surface area contributed by atoms with Gasteiger partial charge in [0.1, 0.15) is 0 Å². The van der Waals surface area contributed by atoms with Crippen LogP contribution < -0.4 is 5.32 Å². The highest BCUT2D eigenvalue weighted by Gasteiger charge is 2.60. The Kier molecular flexibility index (Phi) is 7.64. The Labute approximate surface area is 197 Å². The molecule has 4 saturated carbocycles. The van der Waals surface area contributed by atoms with Crippen molar-refractivity contribution in [2.45, 2.75) is 124 Å². The van der Waals surface area contributed by atoms with E-state index in [0.717, 1.165) is 61.8 Å². The zero-order valence-electron chi connectivity index (χ0n) is 21.5. The Morgan fingerprint density at radius 1 is 1.00 bits per heavy atom. The quantitative estimate of drug-likeness (QED) is 0.407. The molecular weight excluding hydrogens is 394 g/mol. The van der Waals surface area contributed by atoms with Crippen molar-refractivity contribution in [1.29, 1.82) is 0 Å². The molecule has 0 heterocycles. The third-order valence-corrected chi connectivity index (χ3v) is 11.3. The van der Waals surface area contributed by atoms with E-state index in [1.54, 1.807) is 0 Å². The number of aliphatic hydroxyl groups excluding tert-OH is 1. The molecule has 0 aromatic carbocycles. The molecule has 4 aliphatic carbocycles. The maximum Gasteiger partial charge on any atom is 0.220 e. The van der Waals surface area contributed by atoms with Crippen LogP contribution in [0.25, 0.3) is 0 Å². The predicted molar refractivity (Wildman–Crippen MR) is 132 cm³/mol. The lowest BCUT2D eigenvalue weighted by Gasteiger charge is -2.61. The van der Waals surface area contributed by atoms with E-state index in [4.69, 9.17) is 0 Å². The van der Waals surface area contributed by atoms with Gasteiger partial charge in [0.2, 0.25) is 5.91 Å². The van der Waals surface area contributed by atoms with E-state index in [0.29, 0.717) is 23.2 Å². The average molecular weight is 446 g/mol. The first kappa shape index (κ1) is 24.6. The van der Waals surface area contributed by atoms with Crippen molar-refractivity contribution in [3.8, 4) is 0 Å². The van der Waals surface area contributed by atoms with E-state index >= 15 is 0 Å². The van der Waals surface area contributed by atoms with Crippen LogP contribution in [0.5, 0.6) is 0 Å². The molecule has 4 fully saturated rings. The number of hydrogen-bond acceptors (Lipinski definition) is 2. The van der Waals surface area contributed by atoms with Gasteiger partial charge in [0.05, 0.1) is 6.10 Å². The second-order valence-electron chi connectivity index (χ2n) is 12.9. The molecule has 3 nitrogen and oxygen atoms in total. The summed E-state index contributed by atoms with van der Waals surface area (Å²) in [4.78, 5) is 12.3. The van der Waals surface area contributed by atoms with Crippen molar-refractivity contribution in [3.63, 3.8) is 0 Å². The fraction of sp³-hybridized carbons (Fsp3) is 0.966. The number of hydrogen-bond donors (Lipinski definition) is 2. The zero-order chi connectivity index (χ0) is 22.9. The molecule has 0 aromatic rings. The first-order valence-corrected chi connectivity index (χ1v) is 14.2. The number of carbonyl (C=O) groups excluding carboxylic acids is 1. The van der Waals surface area contributed by atoms with Gasteiger partial charge in [-0.2, -0.15) is 0 Å². The van der Waals surface area contributed by atoms with Crippen LogP contribution in [0.2, 0.25) is 0 Å². The van der Waals surface area contributed by atoms with Gasteiger partial charge in [-0.15, -0.1) is 0 Å². The number of amides is 1. The molecule has 0 aliphatic heterocycles. The van der Waals surface area contributed by atoms with Crippen LogP contribution in [0.4, 0.5) is 0 Å². The fourth-order valence-electron chi connectivity index (χ4n) is 9.46. The topological polar surface area (TPSA) is 49.3 Å². The molecule has 184 valence electrons. The molecule has 0 aromatic heterocycles. The van der Waals surface area contributed by atoms with Crippen LogP contribution in [0.3, 0.4) is 0 Å². The van der Waals surface area contributed by atoms with Crippen LogP contribution in [-0.2, 0) is 4.79 Å². The van der Waals surface area contributed by atoms with Crippen molar-refractivity contribution in [1.82, 2.24) is 5.32 Å². The molecular formula is C29H51NO2. The van der Waals surface area contributed by atoms with Gasteiger partial charge in [0.25, 0.3) is 0 Å². The van der Waals surface area contributed by atoms with E-state index in [1.807, 2.05) is 0 Å². The van der Waals surface area contributed by atoms with Gasteiger partial charge >= 0.3 is 0 Å². The molecule has 1 amide bonds. The lowest BCUT2D eigenvalue weighted by Crippen LogP contribution is -2.54. The minimum absolute atomic E-state index is 0.0426. The molecule has 4 aliphatic rings. The second kappa shape index (κ2) is 9.96. The van der Waals surface area contributed by atoms with Crippen LogP contribution in [0.1, 0.15) is 118 Å². The Bertz CT molecular complexity index is 649. The average Bonchev–Trinajstić information content (AvgIpc) is 3.13. The highest BCUT2D eigenvalue weighted by molar-refractivity contribution is 5.75. The third-order valence-electron chi connectivity index (χ3n) is 11.3. The number of carbonyl (C=O) groups is 1. The normalized spacial score (nSPS) is 44.3. The minimum atomic E-state index is -0.0426. The summed E-state index contributed by atoms with van der Waals surface area (Å²) in [6.45, 7) is 10.7. The van der Waals surface area contributed by atoms with E-state index < -0.39 is 0 Å². The second-order valence-corrected chi connectivity index (χ2v) is 12.9. The van der Waals surface area contributed by atoms with E-state index in [9.17, 15) is 9.90 Å². The zero-order valence-corrected chi connectivity index (χ0v) is 21.5. The van der Waals surface area contributed by atoms with Crippen molar-refractivity contribution >= 4 is 5.91 Å². The Morgan fingerprint density at radius 2 is 1.75 bits per heavy atom. The largest absolute Gasteiger partial charge is 0.393 e. The molecule has 0 unspecified atom stereocenters. The summed E-state index contributed by atoms with van der Waals surface area (Å²) >= 11 is 0. The molecule has 4 rings (SSSR count). The van der Waals surface area contributed by atoms with Gasteiger partial charge in [-0.25, -0.2) is 0 Å². The van der Waals surface area contributed by atoms with Crippen LogP contribution >= 0.6 is 0 Å². The van der Waals surface area contributed by atoms with Gasteiger partial charge in [-0.3, -0.25) is 4.79 Å². The van der Waals surface area contributed by atoms with Gasteiger partial charge in [0.15, 0.2) is 0 Å². The Balaban J connectivity index is 1.35. The lowest BCUT2D eigenvalue weighted by molar-refractivity contribution is -0.129. The molecule has 9 atom stereocenters. The maximum absolute atomic E-state index is 12.3. The number of nitrogens with one attached hydrogen (secondary N) is 1. The summed E-state index contributed by atoms with van der Waals surface area (Å²) in [5.74, 6) is 5.14. The maximum atomic E-state index is 12.3.